The van der Waals surface area contributed by atoms with Crippen molar-refractivity contribution in [3.8, 4) is 5.75 Å². The summed E-state index contributed by atoms with van der Waals surface area (Å²) in [6, 6.07) is 13.0. The summed E-state index contributed by atoms with van der Waals surface area (Å²) in [6.45, 7) is 0.636. The van der Waals surface area contributed by atoms with Crippen molar-refractivity contribution < 1.29 is 13.9 Å². The second-order valence-corrected chi connectivity index (χ2v) is 7.18. The number of hydrogen-bond acceptors (Lipinski definition) is 5. The molecule has 0 bridgehead atoms. The first-order chi connectivity index (χ1) is 13.5. The minimum absolute atomic E-state index is 0. The maximum Gasteiger partial charge on any atom is 0.240 e. The van der Waals surface area contributed by atoms with Crippen molar-refractivity contribution in [1.29, 1.82) is 0 Å². The van der Waals surface area contributed by atoms with Gasteiger partial charge in [0.25, 0.3) is 0 Å². The normalized spacial score (nSPS) is 11.4. The third-order valence-electron chi connectivity index (χ3n) is 4.34. The van der Waals surface area contributed by atoms with Crippen molar-refractivity contribution in [2.45, 2.75) is 25.6 Å². The zero-order valence-corrected chi connectivity index (χ0v) is 17.6. The van der Waals surface area contributed by atoms with Gasteiger partial charge in [0.2, 0.25) is 5.91 Å². The number of thiazole rings is 1. The van der Waals surface area contributed by atoms with E-state index >= 15 is 0 Å². The number of aromatic nitrogens is 1. The summed E-state index contributed by atoms with van der Waals surface area (Å²) in [4.78, 5) is 18.9. The summed E-state index contributed by atoms with van der Waals surface area (Å²) in [5, 5.41) is 1.88. The zero-order valence-electron chi connectivity index (χ0n) is 16.0. The molecule has 0 saturated heterocycles. The summed E-state index contributed by atoms with van der Waals surface area (Å²) >= 11 is 1.47. The number of nitrogens with zero attached hydrogens (tertiary/aromatic N) is 2. The molecule has 0 radical (unpaired) electrons. The molecule has 2 aromatic carbocycles. The SMILES string of the molecule is COc1ccc(CN(Cc2cccc(F)c2)C(=O)[C@@H](N)Cc2cscn2)cc1.Cl. The van der Waals surface area contributed by atoms with E-state index in [0.717, 1.165) is 17.0 Å². The van der Waals surface area contributed by atoms with Crippen LogP contribution in [-0.4, -0.2) is 28.9 Å². The fourth-order valence-electron chi connectivity index (χ4n) is 2.90. The Morgan fingerprint density at radius 1 is 1.21 bits per heavy atom. The van der Waals surface area contributed by atoms with E-state index in [2.05, 4.69) is 4.98 Å². The van der Waals surface area contributed by atoms with E-state index in [1.165, 1.54) is 23.5 Å². The summed E-state index contributed by atoms with van der Waals surface area (Å²) in [5.41, 5.74) is 10.3. The molecule has 3 aromatic rings. The highest BCUT2D eigenvalue weighted by molar-refractivity contribution is 7.07. The number of nitrogens with two attached hydrogens (primary N) is 1. The van der Waals surface area contributed by atoms with Gasteiger partial charge < -0.3 is 15.4 Å². The predicted octanol–water partition coefficient (Wildman–Crippen LogP) is 3.81. The van der Waals surface area contributed by atoms with Crippen molar-refractivity contribution in [1.82, 2.24) is 9.88 Å². The third-order valence-corrected chi connectivity index (χ3v) is 4.97. The molecule has 2 N–H and O–H groups in total. The van der Waals surface area contributed by atoms with Gasteiger partial charge >= 0.3 is 0 Å². The van der Waals surface area contributed by atoms with Crippen LogP contribution >= 0.6 is 23.7 Å². The molecule has 1 heterocycles. The smallest absolute Gasteiger partial charge is 0.240 e. The minimum Gasteiger partial charge on any atom is -0.497 e. The Balaban J connectivity index is 0.00000300. The van der Waals surface area contributed by atoms with Gasteiger partial charge in [0.15, 0.2) is 0 Å². The molecule has 0 spiro atoms. The second kappa shape index (κ2) is 10.9. The van der Waals surface area contributed by atoms with Gasteiger partial charge in [0, 0.05) is 24.9 Å². The second-order valence-electron chi connectivity index (χ2n) is 6.46. The molecule has 0 unspecified atom stereocenters. The Morgan fingerprint density at radius 3 is 2.55 bits per heavy atom. The van der Waals surface area contributed by atoms with E-state index in [-0.39, 0.29) is 30.7 Å². The Labute approximate surface area is 179 Å². The first kappa shape index (κ1) is 22.8. The average molecular weight is 436 g/mol. The lowest BCUT2D eigenvalue weighted by molar-refractivity contribution is -0.133. The third kappa shape index (κ3) is 6.52. The standard InChI is InChI=1S/C21H22FN3O2S.ClH/c1-27-19-7-5-15(6-8-19)11-25(12-16-3-2-4-17(22)9-16)21(26)20(23)10-18-13-28-14-24-18;/h2-9,13-14,20H,10-12,23H2,1H3;1H/t20-;/m0./s1. The quantitative estimate of drug-likeness (QED) is 0.584. The number of amides is 1. The fourth-order valence-corrected chi connectivity index (χ4v) is 3.48. The molecular formula is C21H23ClFN3O2S. The summed E-state index contributed by atoms with van der Waals surface area (Å²) in [6.07, 6.45) is 0.366. The van der Waals surface area contributed by atoms with Gasteiger partial charge in [-0.1, -0.05) is 24.3 Å². The lowest BCUT2D eigenvalue weighted by Gasteiger charge is -2.26. The van der Waals surface area contributed by atoms with Gasteiger partial charge in [-0.15, -0.1) is 23.7 Å². The molecule has 1 aromatic heterocycles. The lowest BCUT2D eigenvalue weighted by atomic mass is 10.1. The van der Waals surface area contributed by atoms with E-state index in [0.29, 0.717) is 18.5 Å². The van der Waals surface area contributed by atoms with Crippen LogP contribution in [0, 0.1) is 5.82 Å². The number of methoxy groups -OCH3 is 1. The van der Waals surface area contributed by atoms with E-state index in [1.54, 1.807) is 29.7 Å². The van der Waals surface area contributed by atoms with Crippen molar-refractivity contribution >= 4 is 29.7 Å². The van der Waals surface area contributed by atoms with Gasteiger partial charge in [-0.25, -0.2) is 9.37 Å². The number of carbonyl (C=O) groups excluding carboxylic acids is 1. The van der Waals surface area contributed by atoms with Crippen molar-refractivity contribution in [2.75, 3.05) is 7.11 Å². The predicted molar refractivity (Wildman–Crippen MR) is 115 cm³/mol. The Hall–Kier alpha value is -2.48. The van der Waals surface area contributed by atoms with Gasteiger partial charge in [-0.3, -0.25) is 4.79 Å². The van der Waals surface area contributed by atoms with Crippen LogP contribution in [0.15, 0.2) is 59.4 Å². The molecule has 154 valence electrons. The molecule has 5 nitrogen and oxygen atoms in total. The first-order valence-corrected chi connectivity index (χ1v) is 9.78. The van der Waals surface area contributed by atoms with Crippen molar-refractivity contribution in [2.24, 2.45) is 5.73 Å². The van der Waals surface area contributed by atoms with Gasteiger partial charge in [-0.2, -0.15) is 0 Å². The molecule has 1 amide bonds. The highest BCUT2D eigenvalue weighted by Crippen LogP contribution is 2.17. The van der Waals surface area contributed by atoms with E-state index in [4.69, 9.17) is 10.5 Å². The zero-order chi connectivity index (χ0) is 19.9. The summed E-state index contributed by atoms with van der Waals surface area (Å²) in [5.74, 6) is 0.209. The molecule has 1 atom stereocenters. The van der Waals surface area contributed by atoms with Crippen LogP contribution in [0.25, 0.3) is 0 Å². The lowest BCUT2D eigenvalue weighted by Crippen LogP contribution is -2.44. The number of carbonyl (C=O) groups is 1. The molecule has 0 aliphatic heterocycles. The number of hydrogen-bond donors (Lipinski definition) is 1. The molecule has 0 saturated carbocycles. The van der Waals surface area contributed by atoms with Crippen molar-refractivity contribution in [3.63, 3.8) is 0 Å². The van der Waals surface area contributed by atoms with Gasteiger partial charge in [-0.05, 0) is 35.4 Å². The topological polar surface area (TPSA) is 68.5 Å². The van der Waals surface area contributed by atoms with Crippen LogP contribution < -0.4 is 10.5 Å². The van der Waals surface area contributed by atoms with Crippen LogP contribution in [0.3, 0.4) is 0 Å². The number of ether oxygens (including phenoxy) is 1. The number of halogens is 2. The van der Waals surface area contributed by atoms with Crippen LogP contribution in [0.4, 0.5) is 4.39 Å². The molecular weight excluding hydrogens is 413 g/mol. The molecule has 8 heteroatoms. The molecule has 0 aliphatic carbocycles. The van der Waals surface area contributed by atoms with Gasteiger partial charge in [0.1, 0.15) is 11.6 Å². The maximum atomic E-state index is 13.6. The molecule has 3 rings (SSSR count). The van der Waals surface area contributed by atoms with Crippen LogP contribution in [0.5, 0.6) is 5.75 Å². The monoisotopic (exact) mass is 435 g/mol. The van der Waals surface area contributed by atoms with E-state index in [1.807, 2.05) is 29.6 Å². The highest BCUT2D eigenvalue weighted by Gasteiger charge is 2.22. The van der Waals surface area contributed by atoms with E-state index < -0.39 is 6.04 Å². The fraction of sp³-hybridized carbons (Fsp3) is 0.238. The molecule has 0 fully saturated rings. The highest BCUT2D eigenvalue weighted by atomic mass is 35.5. The number of rotatable bonds is 8. The Bertz CT molecular complexity index is 907. The largest absolute Gasteiger partial charge is 0.497 e. The summed E-state index contributed by atoms with van der Waals surface area (Å²) < 4.78 is 18.8. The number of benzene rings is 2. The maximum absolute atomic E-state index is 13.6. The average Bonchev–Trinajstić information content (AvgIpc) is 3.20. The van der Waals surface area contributed by atoms with Crippen molar-refractivity contribution in [3.05, 3.63) is 82.1 Å². The van der Waals surface area contributed by atoms with Crippen LogP contribution in [0.1, 0.15) is 16.8 Å². The summed E-state index contributed by atoms with van der Waals surface area (Å²) in [7, 11) is 1.60. The molecule has 0 aliphatic rings. The molecule has 29 heavy (non-hydrogen) atoms. The Kier molecular flexibility index (Phi) is 8.57. The minimum atomic E-state index is -0.714. The van der Waals surface area contributed by atoms with Gasteiger partial charge in [0.05, 0.1) is 24.4 Å². The first-order valence-electron chi connectivity index (χ1n) is 8.84. The van der Waals surface area contributed by atoms with E-state index in [9.17, 15) is 9.18 Å². The Morgan fingerprint density at radius 2 is 1.93 bits per heavy atom. The van der Waals surface area contributed by atoms with Crippen LogP contribution in [0.2, 0.25) is 0 Å². The van der Waals surface area contributed by atoms with Crippen LogP contribution in [-0.2, 0) is 24.3 Å².